The fraction of sp³-hybridized carbons (Fsp3) is 0.688. The molecular formula is C16H26ClN3. The molecule has 0 saturated heterocycles. The van der Waals surface area contributed by atoms with Gasteiger partial charge in [-0.3, -0.25) is 0 Å². The van der Waals surface area contributed by atoms with Crippen molar-refractivity contribution in [2.24, 2.45) is 5.92 Å². The fourth-order valence-electron chi connectivity index (χ4n) is 2.29. The van der Waals surface area contributed by atoms with Gasteiger partial charge in [-0.15, -0.1) is 0 Å². The van der Waals surface area contributed by atoms with Crippen molar-refractivity contribution < 1.29 is 0 Å². The van der Waals surface area contributed by atoms with Crippen LogP contribution in [0, 0.1) is 5.92 Å². The second-order valence-corrected chi connectivity index (χ2v) is 6.44. The van der Waals surface area contributed by atoms with Gasteiger partial charge in [0.1, 0.15) is 5.82 Å². The van der Waals surface area contributed by atoms with Gasteiger partial charge in [0.25, 0.3) is 0 Å². The minimum Gasteiger partial charge on any atom is -0.352 e. The van der Waals surface area contributed by atoms with E-state index in [9.17, 15) is 0 Å². The van der Waals surface area contributed by atoms with Gasteiger partial charge in [-0.2, -0.15) is 0 Å². The summed E-state index contributed by atoms with van der Waals surface area (Å²) in [5, 5.41) is 4.09. The summed E-state index contributed by atoms with van der Waals surface area (Å²) in [6.45, 7) is 9.48. The molecule has 0 radical (unpaired) electrons. The van der Waals surface area contributed by atoms with Gasteiger partial charge >= 0.3 is 0 Å². The highest BCUT2D eigenvalue weighted by molar-refractivity contribution is 6.33. The molecule has 1 fully saturated rings. The number of aromatic nitrogens is 1. The first-order chi connectivity index (χ1) is 9.61. The van der Waals surface area contributed by atoms with E-state index in [-0.39, 0.29) is 0 Å². The predicted molar refractivity (Wildman–Crippen MR) is 86.5 cm³/mol. The van der Waals surface area contributed by atoms with Gasteiger partial charge in [-0.05, 0) is 43.4 Å². The van der Waals surface area contributed by atoms with Crippen LogP contribution in [0.25, 0.3) is 0 Å². The molecule has 1 aromatic heterocycles. The monoisotopic (exact) mass is 295 g/mol. The Labute approximate surface area is 127 Å². The summed E-state index contributed by atoms with van der Waals surface area (Å²) in [6, 6.07) is 2.70. The molecule has 1 aliphatic rings. The summed E-state index contributed by atoms with van der Waals surface area (Å²) in [6.07, 6.45) is 5.69. The van der Waals surface area contributed by atoms with E-state index in [2.05, 4.69) is 42.0 Å². The molecule has 2 rings (SSSR count). The van der Waals surface area contributed by atoms with E-state index in [0.717, 1.165) is 36.0 Å². The zero-order valence-electron chi connectivity index (χ0n) is 12.8. The summed E-state index contributed by atoms with van der Waals surface area (Å²) in [5.74, 6) is 1.68. The molecule has 3 nitrogen and oxygen atoms in total. The molecule has 1 heterocycles. The number of hydrogen-bond donors (Lipinski definition) is 1. The third-order valence-corrected chi connectivity index (χ3v) is 3.94. The zero-order valence-corrected chi connectivity index (χ0v) is 13.6. The Kier molecular flexibility index (Phi) is 5.67. The van der Waals surface area contributed by atoms with E-state index in [0.29, 0.717) is 12.0 Å². The van der Waals surface area contributed by atoms with Crippen LogP contribution in [0.5, 0.6) is 0 Å². The molecular weight excluding hydrogens is 270 g/mol. The van der Waals surface area contributed by atoms with Crippen molar-refractivity contribution in [2.75, 3.05) is 18.0 Å². The van der Waals surface area contributed by atoms with Crippen LogP contribution >= 0.6 is 11.6 Å². The molecule has 1 N–H and O–H groups in total. The van der Waals surface area contributed by atoms with E-state index >= 15 is 0 Å². The average molecular weight is 296 g/mol. The van der Waals surface area contributed by atoms with Crippen molar-refractivity contribution in [2.45, 2.75) is 52.6 Å². The highest BCUT2D eigenvalue weighted by Crippen LogP contribution is 2.35. The predicted octanol–water partition coefficient (Wildman–Crippen LogP) is 3.86. The maximum absolute atomic E-state index is 6.46. The third-order valence-electron chi connectivity index (χ3n) is 3.66. The first kappa shape index (κ1) is 15.6. The molecule has 0 aromatic carbocycles. The number of hydrogen-bond acceptors (Lipinski definition) is 3. The third kappa shape index (κ3) is 4.35. The molecule has 4 heteroatoms. The maximum Gasteiger partial charge on any atom is 0.147 e. The number of rotatable bonds is 8. The largest absolute Gasteiger partial charge is 0.352 e. The van der Waals surface area contributed by atoms with E-state index in [1.165, 1.54) is 19.3 Å². The Morgan fingerprint density at radius 2 is 2.20 bits per heavy atom. The summed E-state index contributed by atoms with van der Waals surface area (Å²) >= 11 is 6.46. The van der Waals surface area contributed by atoms with E-state index in [4.69, 9.17) is 11.6 Å². The van der Waals surface area contributed by atoms with Gasteiger partial charge in [0.05, 0.1) is 5.02 Å². The molecule has 0 aliphatic heterocycles. The molecule has 0 unspecified atom stereocenters. The van der Waals surface area contributed by atoms with Gasteiger partial charge in [-0.25, -0.2) is 4.98 Å². The summed E-state index contributed by atoms with van der Waals surface area (Å²) in [5.41, 5.74) is 1.15. The molecule has 1 saturated carbocycles. The van der Waals surface area contributed by atoms with Crippen LogP contribution < -0.4 is 10.2 Å². The Morgan fingerprint density at radius 1 is 1.45 bits per heavy atom. The average Bonchev–Trinajstić information content (AvgIpc) is 3.22. The highest BCUT2D eigenvalue weighted by Gasteiger charge is 2.31. The normalized spacial score (nSPS) is 14.8. The zero-order chi connectivity index (χ0) is 14.5. The summed E-state index contributed by atoms with van der Waals surface area (Å²) in [7, 11) is 0. The number of nitrogens with one attached hydrogen (secondary N) is 1. The van der Waals surface area contributed by atoms with Crippen LogP contribution in [0.1, 0.15) is 45.6 Å². The van der Waals surface area contributed by atoms with Crippen molar-refractivity contribution in [1.82, 2.24) is 10.3 Å². The lowest BCUT2D eigenvalue weighted by atomic mass is 10.1. The lowest BCUT2D eigenvalue weighted by Crippen LogP contribution is -2.29. The first-order valence-electron chi connectivity index (χ1n) is 7.73. The lowest BCUT2D eigenvalue weighted by Gasteiger charge is -2.25. The van der Waals surface area contributed by atoms with Crippen LogP contribution in [0.15, 0.2) is 12.3 Å². The first-order valence-corrected chi connectivity index (χ1v) is 8.11. The van der Waals surface area contributed by atoms with Crippen molar-refractivity contribution >= 4 is 17.4 Å². The number of halogens is 1. The molecule has 0 bridgehead atoms. The van der Waals surface area contributed by atoms with Crippen LogP contribution in [0.2, 0.25) is 5.02 Å². The van der Waals surface area contributed by atoms with Crippen molar-refractivity contribution in [1.29, 1.82) is 0 Å². The number of pyridine rings is 1. The van der Waals surface area contributed by atoms with E-state index in [1.54, 1.807) is 0 Å². The molecule has 0 amide bonds. The van der Waals surface area contributed by atoms with Gasteiger partial charge in [0.15, 0.2) is 0 Å². The summed E-state index contributed by atoms with van der Waals surface area (Å²) in [4.78, 5) is 7.03. The van der Waals surface area contributed by atoms with Crippen molar-refractivity contribution in [3.05, 3.63) is 22.8 Å². The second kappa shape index (κ2) is 7.28. The van der Waals surface area contributed by atoms with Gasteiger partial charge in [0, 0.05) is 25.3 Å². The van der Waals surface area contributed by atoms with Gasteiger partial charge in [0.2, 0.25) is 0 Å². The minimum atomic E-state index is 0.651. The summed E-state index contributed by atoms with van der Waals surface area (Å²) < 4.78 is 0. The second-order valence-electron chi connectivity index (χ2n) is 6.04. The molecule has 0 spiro atoms. The van der Waals surface area contributed by atoms with Gasteiger partial charge in [-0.1, -0.05) is 32.4 Å². The number of anilines is 1. The highest BCUT2D eigenvalue weighted by atomic mass is 35.5. The Morgan fingerprint density at radius 3 is 2.75 bits per heavy atom. The van der Waals surface area contributed by atoms with E-state index in [1.807, 2.05) is 6.20 Å². The SMILES string of the molecule is CCNCc1cnc(N(CCC(C)C)C2CC2)c(Cl)c1. The maximum atomic E-state index is 6.46. The minimum absolute atomic E-state index is 0.651. The number of nitrogens with zero attached hydrogens (tertiary/aromatic N) is 2. The van der Waals surface area contributed by atoms with Crippen LogP contribution in [0.3, 0.4) is 0 Å². The quantitative estimate of drug-likeness (QED) is 0.789. The van der Waals surface area contributed by atoms with Crippen LogP contribution in [-0.2, 0) is 6.54 Å². The van der Waals surface area contributed by atoms with Crippen LogP contribution in [-0.4, -0.2) is 24.1 Å². The topological polar surface area (TPSA) is 28.2 Å². The molecule has 1 aliphatic carbocycles. The van der Waals surface area contributed by atoms with Crippen molar-refractivity contribution in [3.63, 3.8) is 0 Å². The molecule has 0 atom stereocenters. The molecule has 112 valence electrons. The van der Waals surface area contributed by atoms with Crippen molar-refractivity contribution in [3.8, 4) is 0 Å². The Balaban J connectivity index is 2.08. The van der Waals surface area contributed by atoms with Crippen LogP contribution in [0.4, 0.5) is 5.82 Å². The van der Waals surface area contributed by atoms with Gasteiger partial charge < -0.3 is 10.2 Å². The molecule has 20 heavy (non-hydrogen) atoms. The Hall–Kier alpha value is -0.800. The fourth-order valence-corrected chi connectivity index (χ4v) is 2.59. The lowest BCUT2D eigenvalue weighted by molar-refractivity contribution is 0.568. The standard InChI is InChI=1S/C16H26ClN3/c1-4-18-10-13-9-15(17)16(19-11-13)20(14-5-6-14)8-7-12(2)3/h9,11-12,14,18H,4-8,10H2,1-3H3. The smallest absolute Gasteiger partial charge is 0.147 e. The molecule has 1 aromatic rings. The Bertz CT molecular complexity index is 430. The van der Waals surface area contributed by atoms with E-state index < -0.39 is 0 Å².